The fourth-order valence-electron chi connectivity index (χ4n) is 2.46. The number of amides is 1. The van der Waals surface area contributed by atoms with Crippen molar-refractivity contribution in [3.05, 3.63) is 23.7 Å². The van der Waals surface area contributed by atoms with Crippen molar-refractivity contribution in [1.29, 1.82) is 0 Å². The Labute approximate surface area is 117 Å². The van der Waals surface area contributed by atoms with Crippen LogP contribution in [0, 0.1) is 5.92 Å². The van der Waals surface area contributed by atoms with E-state index in [0.29, 0.717) is 12.3 Å². The Balaban J connectivity index is 1.82. The summed E-state index contributed by atoms with van der Waals surface area (Å²) in [7, 11) is 0. The fourth-order valence-corrected chi connectivity index (χ4v) is 2.90. The Morgan fingerprint density at radius 1 is 1.47 bits per heavy atom. The maximum Gasteiger partial charge on any atom is 0.287 e. The normalized spacial score (nSPS) is 23.3. The number of nitrogens with one attached hydrogen (secondary N) is 1. The molecule has 2 N–H and O–H groups in total. The number of hydrogen-bond acceptors (Lipinski definition) is 4. The van der Waals surface area contributed by atoms with Crippen LogP contribution in [0.4, 0.5) is 0 Å². The number of thioether (sulfide) groups is 1. The second kappa shape index (κ2) is 7.01. The summed E-state index contributed by atoms with van der Waals surface area (Å²) in [4.78, 5) is 11.9. The van der Waals surface area contributed by atoms with Crippen LogP contribution in [0.2, 0.25) is 0 Å². The van der Waals surface area contributed by atoms with Gasteiger partial charge in [0.1, 0.15) is 5.76 Å². The van der Waals surface area contributed by atoms with Crippen LogP contribution >= 0.6 is 11.8 Å². The Morgan fingerprint density at radius 3 is 3.00 bits per heavy atom. The van der Waals surface area contributed by atoms with E-state index in [4.69, 9.17) is 4.42 Å². The van der Waals surface area contributed by atoms with Crippen molar-refractivity contribution < 1.29 is 14.3 Å². The van der Waals surface area contributed by atoms with Crippen LogP contribution in [0.15, 0.2) is 16.5 Å². The minimum atomic E-state index is -0.280. The third-order valence-corrected chi connectivity index (χ3v) is 4.14. The zero-order chi connectivity index (χ0) is 13.7. The summed E-state index contributed by atoms with van der Waals surface area (Å²) in [5.74, 6) is 1.93. The van der Waals surface area contributed by atoms with Gasteiger partial charge in [-0.05, 0) is 31.2 Å². The van der Waals surface area contributed by atoms with Crippen molar-refractivity contribution in [3.63, 3.8) is 0 Å². The van der Waals surface area contributed by atoms with Crippen LogP contribution in [0.1, 0.15) is 42.0 Å². The molecule has 2 rings (SSSR count). The first-order valence-electron chi connectivity index (χ1n) is 6.74. The van der Waals surface area contributed by atoms with E-state index < -0.39 is 0 Å². The van der Waals surface area contributed by atoms with E-state index in [-0.39, 0.29) is 17.9 Å². The topological polar surface area (TPSA) is 62.5 Å². The van der Waals surface area contributed by atoms with Gasteiger partial charge in [-0.3, -0.25) is 4.79 Å². The minimum Gasteiger partial charge on any atom is -0.455 e. The van der Waals surface area contributed by atoms with E-state index in [9.17, 15) is 9.90 Å². The molecule has 0 radical (unpaired) electrons. The highest BCUT2D eigenvalue weighted by Gasteiger charge is 2.23. The number of hydrogen-bond donors (Lipinski definition) is 2. The monoisotopic (exact) mass is 283 g/mol. The molecule has 5 heteroatoms. The largest absolute Gasteiger partial charge is 0.455 e. The van der Waals surface area contributed by atoms with Crippen LogP contribution in [0.5, 0.6) is 0 Å². The van der Waals surface area contributed by atoms with E-state index in [2.05, 4.69) is 5.32 Å². The lowest BCUT2D eigenvalue weighted by molar-refractivity contribution is 0.0655. The molecule has 1 aromatic heterocycles. The summed E-state index contributed by atoms with van der Waals surface area (Å²) in [6.07, 6.45) is 5.76. The molecule has 4 nitrogen and oxygen atoms in total. The number of rotatable bonds is 5. The average molecular weight is 283 g/mol. The first-order valence-corrected chi connectivity index (χ1v) is 8.14. The summed E-state index contributed by atoms with van der Waals surface area (Å²) in [6.45, 7) is 0.526. The number of furan rings is 1. The van der Waals surface area contributed by atoms with E-state index >= 15 is 0 Å². The quantitative estimate of drug-likeness (QED) is 0.871. The van der Waals surface area contributed by atoms with E-state index in [1.165, 1.54) is 0 Å². The maximum absolute atomic E-state index is 11.9. The number of carbonyl (C=O) groups excluding carboxylic acids is 1. The molecular formula is C14H21NO3S. The summed E-state index contributed by atoms with van der Waals surface area (Å²) < 4.78 is 5.46. The molecule has 1 heterocycles. The van der Waals surface area contributed by atoms with Crippen LogP contribution in [0.3, 0.4) is 0 Å². The molecule has 106 valence electrons. The SMILES string of the molecule is CSCc1ccc(C(=O)NCC2CCCCC2O)o1. The Hall–Kier alpha value is -0.940. The van der Waals surface area contributed by atoms with Crippen molar-refractivity contribution in [3.8, 4) is 0 Å². The minimum absolute atomic E-state index is 0.179. The van der Waals surface area contributed by atoms with Crippen LogP contribution in [-0.2, 0) is 5.75 Å². The highest BCUT2D eigenvalue weighted by atomic mass is 32.2. The van der Waals surface area contributed by atoms with Gasteiger partial charge in [-0.15, -0.1) is 0 Å². The highest BCUT2D eigenvalue weighted by molar-refractivity contribution is 7.97. The molecule has 0 saturated heterocycles. The van der Waals surface area contributed by atoms with Gasteiger partial charge in [-0.1, -0.05) is 12.8 Å². The van der Waals surface area contributed by atoms with Crippen LogP contribution in [-0.4, -0.2) is 29.9 Å². The van der Waals surface area contributed by atoms with Crippen LogP contribution < -0.4 is 5.32 Å². The number of aliphatic hydroxyl groups excluding tert-OH is 1. The maximum atomic E-state index is 11.9. The van der Waals surface area contributed by atoms with Crippen molar-refractivity contribution in [2.24, 2.45) is 5.92 Å². The third-order valence-electron chi connectivity index (χ3n) is 3.57. The Bertz CT molecular complexity index is 419. The Morgan fingerprint density at radius 2 is 2.26 bits per heavy atom. The molecular weight excluding hydrogens is 262 g/mol. The summed E-state index contributed by atoms with van der Waals surface area (Å²) in [6, 6.07) is 3.54. The van der Waals surface area contributed by atoms with E-state index in [1.54, 1.807) is 17.8 Å². The van der Waals surface area contributed by atoms with Gasteiger partial charge in [-0.25, -0.2) is 0 Å². The lowest BCUT2D eigenvalue weighted by Gasteiger charge is -2.27. The van der Waals surface area contributed by atoms with Gasteiger partial charge in [0.05, 0.1) is 11.9 Å². The van der Waals surface area contributed by atoms with E-state index in [0.717, 1.165) is 37.2 Å². The second-order valence-electron chi connectivity index (χ2n) is 5.02. The molecule has 1 amide bonds. The van der Waals surface area contributed by atoms with Crippen molar-refractivity contribution in [1.82, 2.24) is 5.32 Å². The summed E-state index contributed by atoms with van der Waals surface area (Å²) in [5.41, 5.74) is 0. The number of aliphatic hydroxyl groups is 1. The van der Waals surface area contributed by atoms with Gasteiger partial charge in [0, 0.05) is 12.5 Å². The van der Waals surface area contributed by atoms with E-state index in [1.807, 2.05) is 12.3 Å². The molecule has 2 unspecified atom stereocenters. The van der Waals surface area contributed by atoms with Gasteiger partial charge >= 0.3 is 0 Å². The predicted octanol–water partition coefficient (Wildman–Crippen LogP) is 2.42. The lowest BCUT2D eigenvalue weighted by Crippen LogP contribution is -2.36. The van der Waals surface area contributed by atoms with Gasteiger partial charge < -0.3 is 14.8 Å². The molecule has 0 aliphatic heterocycles. The third kappa shape index (κ3) is 4.01. The molecule has 1 aliphatic rings. The van der Waals surface area contributed by atoms with Crippen molar-refractivity contribution >= 4 is 17.7 Å². The lowest BCUT2D eigenvalue weighted by atomic mass is 9.86. The van der Waals surface area contributed by atoms with Gasteiger partial charge in [-0.2, -0.15) is 11.8 Å². The first-order chi connectivity index (χ1) is 9.20. The second-order valence-corrected chi connectivity index (χ2v) is 5.89. The zero-order valence-corrected chi connectivity index (χ0v) is 12.0. The van der Waals surface area contributed by atoms with Crippen LogP contribution in [0.25, 0.3) is 0 Å². The van der Waals surface area contributed by atoms with Gasteiger partial charge in [0.2, 0.25) is 0 Å². The van der Waals surface area contributed by atoms with Crippen molar-refractivity contribution in [2.75, 3.05) is 12.8 Å². The molecule has 1 fully saturated rings. The zero-order valence-electron chi connectivity index (χ0n) is 11.2. The summed E-state index contributed by atoms with van der Waals surface area (Å²) >= 11 is 1.66. The van der Waals surface area contributed by atoms with Gasteiger partial charge in [0.15, 0.2) is 5.76 Å². The first kappa shape index (κ1) is 14.5. The predicted molar refractivity (Wildman–Crippen MR) is 76.2 cm³/mol. The number of carbonyl (C=O) groups is 1. The highest BCUT2D eigenvalue weighted by Crippen LogP contribution is 2.23. The molecule has 0 aromatic carbocycles. The van der Waals surface area contributed by atoms with Crippen molar-refractivity contribution in [2.45, 2.75) is 37.5 Å². The molecule has 2 atom stereocenters. The average Bonchev–Trinajstić information content (AvgIpc) is 2.87. The standard InChI is InChI=1S/C14H21NO3S/c1-19-9-11-6-7-13(18-11)14(17)15-8-10-4-2-3-5-12(10)16/h6-7,10,12,16H,2-5,8-9H2,1H3,(H,15,17). The molecule has 19 heavy (non-hydrogen) atoms. The Kier molecular flexibility index (Phi) is 5.34. The molecule has 0 spiro atoms. The van der Waals surface area contributed by atoms with Gasteiger partial charge in [0.25, 0.3) is 5.91 Å². The fraction of sp³-hybridized carbons (Fsp3) is 0.643. The molecule has 1 aliphatic carbocycles. The smallest absolute Gasteiger partial charge is 0.287 e. The molecule has 1 saturated carbocycles. The molecule has 1 aromatic rings. The summed E-state index contributed by atoms with van der Waals surface area (Å²) in [5, 5.41) is 12.7. The molecule has 0 bridgehead atoms.